The standard InChI is InChI=1S/C11H18IN3O/c1-4-14(5-2)6-7-15-8-13-9(3)10(12)11(15)16/h8H,4-7H2,1-3H3. The molecule has 0 amide bonds. The summed E-state index contributed by atoms with van der Waals surface area (Å²) < 4.78 is 2.41. The van der Waals surface area contributed by atoms with Crippen molar-refractivity contribution in [2.24, 2.45) is 0 Å². The van der Waals surface area contributed by atoms with E-state index in [1.165, 1.54) is 0 Å². The maximum absolute atomic E-state index is 11.9. The van der Waals surface area contributed by atoms with Gasteiger partial charge in [-0.25, -0.2) is 4.98 Å². The summed E-state index contributed by atoms with van der Waals surface area (Å²) in [6, 6.07) is 0. The third-order valence-corrected chi connectivity index (χ3v) is 3.95. The average molecular weight is 335 g/mol. The number of aryl methyl sites for hydroxylation is 1. The number of likely N-dealkylation sites (N-methyl/N-ethyl adjacent to an activating group) is 1. The number of hydrogen-bond donors (Lipinski definition) is 0. The van der Waals surface area contributed by atoms with Crippen molar-refractivity contribution in [3.05, 3.63) is 25.9 Å². The first-order chi connectivity index (χ1) is 7.60. The Bertz CT molecular complexity index is 399. The number of aromatic nitrogens is 2. The van der Waals surface area contributed by atoms with Crippen LogP contribution in [0.2, 0.25) is 0 Å². The lowest BCUT2D eigenvalue weighted by Crippen LogP contribution is -2.32. The van der Waals surface area contributed by atoms with Crippen molar-refractivity contribution >= 4 is 22.6 Å². The Labute approximate surface area is 110 Å². The maximum atomic E-state index is 11.9. The first-order valence-electron chi connectivity index (χ1n) is 5.54. The monoisotopic (exact) mass is 335 g/mol. The molecule has 0 radical (unpaired) electrons. The SMILES string of the molecule is CCN(CC)CCn1cnc(C)c(I)c1=O. The zero-order valence-electron chi connectivity index (χ0n) is 10.0. The summed E-state index contributed by atoms with van der Waals surface area (Å²) in [6.07, 6.45) is 1.64. The first kappa shape index (κ1) is 13.6. The molecule has 0 aliphatic carbocycles. The lowest BCUT2D eigenvalue weighted by molar-refractivity contribution is 0.288. The van der Waals surface area contributed by atoms with Crippen LogP contribution in [0, 0.1) is 10.5 Å². The van der Waals surface area contributed by atoms with Crippen molar-refractivity contribution in [3.63, 3.8) is 0 Å². The summed E-state index contributed by atoms with van der Waals surface area (Å²) in [4.78, 5) is 18.4. The van der Waals surface area contributed by atoms with Crippen LogP contribution in [0.4, 0.5) is 0 Å². The number of nitrogens with zero attached hydrogens (tertiary/aromatic N) is 3. The Morgan fingerprint density at radius 1 is 1.44 bits per heavy atom. The molecule has 4 nitrogen and oxygen atoms in total. The molecule has 90 valence electrons. The molecular formula is C11H18IN3O. The molecule has 0 aromatic carbocycles. The molecule has 0 spiro atoms. The van der Waals surface area contributed by atoms with E-state index < -0.39 is 0 Å². The van der Waals surface area contributed by atoms with Gasteiger partial charge in [-0.1, -0.05) is 13.8 Å². The van der Waals surface area contributed by atoms with Crippen LogP contribution in [0.25, 0.3) is 0 Å². The van der Waals surface area contributed by atoms with Gasteiger partial charge in [0.15, 0.2) is 0 Å². The summed E-state index contributed by atoms with van der Waals surface area (Å²) in [7, 11) is 0. The van der Waals surface area contributed by atoms with Gasteiger partial charge in [-0.2, -0.15) is 0 Å². The first-order valence-corrected chi connectivity index (χ1v) is 6.61. The molecular weight excluding hydrogens is 317 g/mol. The summed E-state index contributed by atoms with van der Waals surface area (Å²) >= 11 is 2.06. The molecule has 0 bridgehead atoms. The smallest absolute Gasteiger partial charge is 0.267 e. The molecule has 0 aliphatic heterocycles. The minimum atomic E-state index is 0.0697. The highest BCUT2D eigenvalue weighted by Crippen LogP contribution is 2.01. The Morgan fingerprint density at radius 2 is 2.06 bits per heavy atom. The van der Waals surface area contributed by atoms with E-state index in [2.05, 4.69) is 46.3 Å². The molecule has 0 saturated heterocycles. The summed E-state index contributed by atoms with van der Waals surface area (Å²) in [5, 5.41) is 0. The highest BCUT2D eigenvalue weighted by atomic mass is 127. The highest BCUT2D eigenvalue weighted by Gasteiger charge is 2.06. The molecule has 1 aromatic heterocycles. The normalized spacial score (nSPS) is 11.1. The summed E-state index contributed by atoms with van der Waals surface area (Å²) in [6.45, 7) is 9.76. The van der Waals surface area contributed by atoms with Gasteiger partial charge in [0.05, 0.1) is 15.6 Å². The van der Waals surface area contributed by atoms with Crippen LogP contribution in [0.1, 0.15) is 19.5 Å². The molecule has 0 saturated carbocycles. The topological polar surface area (TPSA) is 38.1 Å². The van der Waals surface area contributed by atoms with Crippen LogP contribution in [-0.4, -0.2) is 34.1 Å². The largest absolute Gasteiger partial charge is 0.302 e. The van der Waals surface area contributed by atoms with Gasteiger partial charge in [-0.15, -0.1) is 0 Å². The van der Waals surface area contributed by atoms with E-state index in [1.807, 2.05) is 6.92 Å². The van der Waals surface area contributed by atoms with Crippen LogP contribution in [0.5, 0.6) is 0 Å². The fraction of sp³-hybridized carbons (Fsp3) is 0.636. The zero-order chi connectivity index (χ0) is 12.1. The van der Waals surface area contributed by atoms with E-state index in [0.717, 1.165) is 28.9 Å². The predicted molar refractivity (Wildman–Crippen MR) is 73.7 cm³/mol. The molecule has 0 N–H and O–H groups in total. The average Bonchev–Trinajstić information content (AvgIpc) is 2.30. The van der Waals surface area contributed by atoms with Gasteiger partial charge in [0, 0.05) is 13.1 Å². The highest BCUT2D eigenvalue weighted by molar-refractivity contribution is 14.1. The molecule has 0 fully saturated rings. The van der Waals surface area contributed by atoms with Gasteiger partial charge in [-0.3, -0.25) is 9.36 Å². The Hall–Kier alpha value is -0.430. The molecule has 1 heterocycles. The number of rotatable bonds is 5. The fourth-order valence-corrected chi connectivity index (χ4v) is 1.94. The second kappa shape index (κ2) is 6.34. The number of hydrogen-bond acceptors (Lipinski definition) is 3. The second-order valence-electron chi connectivity index (χ2n) is 3.67. The van der Waals surface area contributed by atoms with E-state index >= 15 is 0 Å². The molecule has 16 heavy (non-hydrogen) atoms. The quantitative estimate of drug-likeness (QED) is 0.766. The minimum Gasteiger partial charge on any atom is -0.302 e. The van der Waals surface area contributed by atoms with E-state index in [0.29, 0.717) is 6.54 Å². The minimum absolute atomic E-state index is 0.0697. The van der Waals surface area contributed by atoms with E-state index in [1.54, 1.807) is 10.9 Å². The van der Waals surface area contributed by atoms with Crippen molar-refractivity contribution in [2.75, 3.05) is 19.6 Å². The van der Waals surface area contributed by atoms with Gasteiger partial charge < -0.3 is 4.90 Å². The maximum Gasteiger partial charge on any atom is 0.267 e. The van der Waals surface area contributed by atoms with Crippen LogP contribution in [0.15, 0.2) is 11.1 Å². The second-order valence-corrected chi connectivity index (χ2v) is 4.75. The Balaban J connectivity index is 2.75. The summed E-state index contributed by atoms with van der Waals surface area (Å²) in [5.41, 5.74) is 0.880. The van der Waals surface area contributed by atoms with Crippen molar-refractivity contribution in [1.82, 2.24) is 14.5 Å². The van der Waals surface area contributed by atoms with Crippen LogP contribution in [-0.2, 0) is 6.54 Å². The van der Waals surface area contributed by atoms with E-state index in [-0.39, 0.29) is 5.56 Å². The molecule has 1 aromatic rings. The predicted octanol–water partition coefficient (Wildman–Crippen LogP) is 1.50. The number of halogens is 1. The third kappa shape index (κ3) is 3.28. The van der Waals surface area contributed by atoms with Gasteiger partial charge in [0.25, 0.3) is 5.56 Å². The van der Waals surface area contributed by atoms with Crippen molar-refractivity contribution < 1.29 is 0 Å². The van der Waals surface area contributed by atoms with Gasteiger partial charge in [-0.05, 0) is 42.6 Å². The third-order valence-electron chi connectivity index (χ3n) is 2.71. The fourth-order valence-electron chi connectivity index (χ4n) is 1.49. The lowest BCUT2D eigenvalue weighted by Gasteiger charge is -2.18. The van der Waals surface area contributed by atoms with Crippen LogP contribution >= 0.6 is 22.6 Å². The molecule has 0 atom stereocenters. The lowest BCUT2D eigenvalue weighted by atomic mass is 10.4. The zero-order valence-corrected chi connectivity index (χ0v) is 12.2. The van der Waals surface area contributed by atoms with E-state index in [4.69, 9.17) is 0 Å². The van der Waals surface area contributed by atoms with E-state index in [9.17, 15) is 4.79 Å². The molecule has 0 unspecified atom stereocenters. The molecule has 5 heteroatoms. The van der Waals surface area contributed by atoms with Gasteiger partial charge >= 0.3 is 0 Å². The van der Waals surface area contributed by atoms with Gasteiger partial charge in [0.2, 0.25) is 0 Å². The Morgan fingerprint density at radius 3 is 2.62 bits per heavy atom. The molecule has 1 rings (SSSR count). The van der Waals surface area contributed by atoms with Crippen molar-refractivity contribution in [1.29, 1.82) is 0 Å². The van der Waals surface area contributed by atoms with Crippen molar-refractivity contribution in [2.45, 2.75) is 27.3 Å². The van der Waals surface area contributed by atoms with Gasteiger partial charge in [0.1, 0.15) is 0 Å². The van der Waals surface area contributed by atoms with Crippen molar-refractivity contribution in [3.8, 4) is 0 Å². The Kier molecular flexibility index (Phi) is 5.40. The van der Waals surface area contributed by atoms with Crippen LogP contribution < -0.4 is 5.56 Å². The summed E-state index contributed by atoms with van der Waals surface area (Å²) in [5.74, 6) is 0. The molecule has 0 aliphatic rings. The van der Waals surface area contributed by atoms with Crippen LogP contribution in [0.3, 0.4) is 0 Å².